The van der Waals surface area contributed by atoms with Crippen LogP contribution in [0.3, 0.4) is 0 Å². The second kappa shape index (κ2) is 7.29. The van der Waals surface area contributed by atoms with Crippen molar-refractivity contribution >= 4 is 15.9 Å². The Kier molecular flexibility index (Phi) is 5.03. The maximum absolute atomic E-state index is 13.2. The van der Waals surface area contributed by atoms with Crippen LogP contribution in [-0.2, 0) is 10.0 Å². The lowest BCUT2D eigenvalue weighted by Crippen LogP contribution is -2.43. The van der Waals surface area contributed by atoms with Crippen LogP contribution in [0.4, 0.5) is 0 Å². The van der Waals surface area contributed by atoms with E-state index in [1.165, 1.54) is 12.8 Å². The normalized spacial score (nSPS) is 24.8. The molecule has 3 saturated heterocycles. The SMILES string of the molecule is O=C(c1cccc(S(=O)(=O)N2CCC[C@H]2CN2CCCC2)c1)N1CCC1. The Hall–Kier alpha value is -1.44. The van der Waals surface area contributed by atoms with Gasteiger partial charge in [-0.25, -0.2) is 8.42 Å². The van der Waals surface area contributed by atoms with E-state index in [2.05, 4.69) is 4.90 Å². The van der Waals surface area contributed by atoms with E-state index in [4.69, 9.17) is 0 Å². The number of nitrogens with zero attached hydrogens (tertiary/aromatic N) is 3. The average molecular weight is 378 g/mol. The lowest BCUT2D eigenvalue weighted by atomic mass is 10.1. The van der Waals surface area contributed by atoms with Gasteiger partial charge in [0.2, 0.25) is 10.0 Å². The summed E-state index contributed by atoms with van der Waals surface area (Å²) in [5.41, 5.74) is 0.473. The molecule has 0 bridgehead atoms. The molecule has 0 aliphatic carbocycles. The summed E-state index contributed by atoms with van der Waals surface area (Å²) in [6.07, 6.45) is 5.27. The first-order valence-electron chi connectivity index (χ1n) is 9.69. The summed E-state index contributed by atoms with van der Waals surface area (Å²) in [5.74, 6) is -0.0664. The molecule has 1 amide bonds. The molecule has 1 aromatic rings. The van der Waals surface area contributed by atoms with Crippen LogP contribution in [0.15, 0.2) is 29.2 Å². The van der Waals surface area contributed by atoms with Crippen molar-refractivity contribution in [3.05, 3.63) is 29.8 Å². The summed E-state index contributed by atoms with van der Waals surface area (Å²) in [7, 11) is -3.56. The summed E-state index contributed by atoms with van der Waals surface area (Å²) >= 11 is 0. The number of likely N-dealkylation sites (tertiary alicyclic amines) is 2. The molecule has 6 nitrogen and oxygen atoms in total. The molecule has 1 aromatic carbocycles. The molecule has 142 valence electrons. The van der Waals surface area contributed by atoms with Crippen LogP contribution in [0.5, 0.6) is 0 Å². The van der Waals surface area contributed by atoms with Crippen molar-refractivity contribution in [2.45, 2.75) is 43.0 Å². The van der Waals surface area contributed by atoms with Crippen LogP contribution in [0.2, 0.25) is 0 Å². The second-order valence-corrected chi connectivity index (χ2v) is 9.48. The Morgan fingerprint density at radius 1 is 1.00 bits per heavy atom. The van der Waals surface area contributed by atoms with Crippen molar-refractivity contribution in [1.29, 1.82) is 0 Å². The van der Waals surface area contributed by atoms with Crippen molar-refractivity contribution < 1.29 is 13.2 Å². The maximum atomic E-state index is 13.2. The Balaban J connectivity index is 1.54. The molecular weight excluding hydrogens is 350 g/mol. The van der Waals surface area contributed by atoms with Gasteiger partial charge in [0, 0.05) is 37.8 Å². The topological polar surface area (TPSA) is 60.9 Å². The minimum absolute atomic E-state index is 0.0489. The fourth-order valence-electron chi connectivity index (χ4n) is 4.20. The minimum Gasteiger partial charge on any atom is -0.339 e. The smallest absolute Gasteiger partial charge is 0.253 e. The van der Waals surface area contributed by atoms with E-state index in [1.807, 2.05) is 0 Å². The van der Waals surface area contributed by atoms with Gasteiger partial charge in [-0.15, -0.1) is 0 Å². The van der Waals surface area contributed by atoms with Crippen LogP contribution in [0.25, 0.3) is 0 Å². The van der Waals surface area contributed by atoms with Gasteiger partial charge in [0.1, 0.15) is 0 Å². The van der Waals surface area contributed by atoms with Crippen molar-refractivity contribution in [3.63, 3.8) is 0 Å². The average Bonchev–Trinajstić information content (AvgIpc) is 3.26. The number of carbonyl (C=O) groups excluding carboxylic acids is 1. The van der Waals surface area contributed by atoms with Gasteiger partial charge in [-0.05, 0) is 63.4 Å². The van der Waals surface area contributed by atoms with E-state index >= 15 is 0 Å². The van der Waals surface area contributed by atoms with Gasteiger partial charge in [0.05, 0.1) is 4.90 Å². The highest BCUT2D eigenvalue weighted by Crippen LogP contribution is 2.28. The number of hydrogen-bond donors (Lipinski definition) is 0. The number of rotatable bonds is 5. The predicted molar refractivity (Wildman–Crippen MR) is 99.6 cm³/mol. The summed E-state index contributed by atoms with van der Waals surface area (Å²) < 4.78 is 28.1. The molecule has 3 aliphatic heterocycles. The quantitative estimate of drug-likeness (QED) is 0.785. The van der Waals surface area contributed by atoms with Gasteiger partial charge in [0.25, 0.3) is 5.91 Å². The monoisotopic (exact) mass is 377 g/mol. The molecule has 0 spiro atoms. The van der Waals surface area contributed by atoms with E-state index in [-0.39, 0.29) is 16.8 Å². The highest BCUT2D eigenvalue weighted by atomic mass is 32.2. The van der Waals surface area contributed by atoms with Gasteiger partial charge < -0.3 is 9.80 Å². The van der Waals surface area contributed by atoms with Gasteiger partial charge >= 0.3 is 0 Å². The molecule has 0 saturated carbocycles. The van der Waals surface area contributed by atoms with Gasteiger partial charge in [-0.2, -0.15) is 4.31 Å². The number of carbonyl (C=O) groups is 1. The third-order valence-corrected chi connectivity index (χ3v) is 7.77. The predicted octanol–water partition coefficient (Wildman–Crippen LogP) is 1.78. The fraction of sp³-hybridized carbons (Fsp3) is 0.632. The third kappa shape index (κ3) is 3.40. The van der Waals surface area contributed by atoms with Crippen molar-refractivity contribution in [2.75, 3.05) is 39.3 Å². The van der Waals surface area contributed by atoms with E-state index in [9.17, 15) is 13.2 Å². The molecule has 1 atom stereocenters. The van der Waals surface area contributed by atoms with Crippen LogP contribution in [0.1, 0.15) is 42.5 Å². The van der Waals surface area contributed by atoms with Gasteiger partial charge in [-0.1, -0.05) is 6.07 Å². The standard InChI is InChI=1S/C19H27N3O3S/c23-19(21-11-5-12-21)16-6-3-8-18(14-16)26(24,25)22-13-4-7-17(22)15-20-9-1-2-10-20/h3,6,8,14,17H,1-2,4-5,7,9-13,15H2/t17-/m0/s1. The molecular formula is C19H27N3O3S. The van der Waals surface area contributed by atoms with Gasteiger partial charge in [-0.3, -0.25) is 4.79 Å². The summed E-state index contributed by atoms with van der Waals surface area (Å²) in [4.78, 5) is 16.8. The molecule has 7 heteroatoms. The van der Waals surface area contributed by atoms with Crippen LogP contribution >= 0.6 is 0 Å². The van der Waals surface area contributed by atoms with Crippen molar-refractivity contribution in [3.8, 4) is 0 Å². The number of amides is 1. The lowest BCUT2D eigenvalue weighted by molar-refractivity contribution is 0.0651. The zero-order valence-corrected chi connectivity index (χ0v) is 16.0. The minimum atomic E-state index is -3.56. The number of benzene rings is 1. The molecule has 0 aromatic heterocycles. The van der Waals surface area contributed by atoms with Crippen LogP contribution in [-0.4, -0.2) is 73.7 Å². The second-order valence-electron chi connectivity index (χ2n) is 7.59. The Bertz CT molecular complexity index is 770. The molecule has 3 heterocycles. The maximum Gasteiger partial charge on any atom is 0.253 e. The highest BCUT2D eigenvalue weighted by molar-refractivity contribution is 7.89. The largest absolute Gasteiger partial charge is 0.339 e. The molecule has 0 unspecified atom stereocenters. The van der Waals surface area contributed by atoms with E-state index < -0.39 is 10.0 Å². The first-order chi connectivity index (χ1) is 12.6. The van der Waals surface area contributed by atoms with Crippen LogP contribution in [0, 0.1) is 0 Å². The van der Waals surface area contributed by atoms with Crippen LogP contribution < -0.4 is 0 Å². The Morgan fingerprint density at radius 3 is 2.46 bits per heavy atom. The van der Waals surface area contributed by atoms with E-state index in [0.717, 1.165) is 52.0 Å². The first-order valence-corrected chi connectivity index (χ1v) is 11.1. The fourth-order valence-corrected chi connectivity index (χ4v) is 5.93. The highest BCUT2D eigenvalue weighted by Gasteiger charge is 2.36. The lowest BCUT2D eigenvalue weighted by Gasteiger charge is -2.31. The zero-order chi connectivity index (χ0) is 18.1. The van der Waals surface area contributed by atoms with E-state index in [1.54, 1.807) is 33.5 Å². The number of hydrogen-bond acceptors (Lipinski definition) is 4. The first kappa shape index (κ1) is 17.9. The number of sulfonamides is 1. The molecule has 0 radical (unpaired) electrons. The summed E-state index contributed by atoms with van der Waals surface area (Å²) in [5, 5.41) is 0. The Morgan fingerprint density at radius 2 is 1.77 bits per heavy atom. The molecule has 26 heavy (non-hydrogen) atoms. The third-order valence-electron chi connectivity index (χ3n) is 5.82. The molecule has 0 N–H and O–H groups in total. The zero-order valence-electron chi connectivity index (χ0n) is 15.1. The van der Waals surface area contributed by atoms with E-state index in [0.29, 0.717) is 12.1 Å². The van der Waals surface area contributed by atoms with Gasteiger partial charge in [0.15, 0.2) is 0 Å². The Labute approximate surface area is 155 Å². The summed E-state index contributed by atoms with van der Waals surface area (Å²) in [6, 6.07) is 6.62. The summed E-state index contributed by atoms with van der Waals surface area (Å²) in [6.45, 7) is 5.07. The van der Waals surface area contributed by atoms with Crippen molar-refractivity contribution in [1.82, 2.24) is 14.1 Å². The molecule has 3 aliphatic rings. The van der Waals surface area contributed by atoms with Crippen molar-refractivity contribution in [2.24, 2.45) is 0 Å². The molecule has 4 rings (SSSR count). The molecule has 3 fully saturated rings.